The molecule has 0 aromatic carbocycles. The van der Waals surface area contributed by atoms with Crippen LogP contribution in [0.1, 0.15) is 6.23 Å². The van der Waals surface area contributed by atoms with Crippen LogP contribution in [-0.4, -0.2) is 61.8 Å². The van der Waals surface area contributed by atoms with Gasteiger partial charge in [-0.2, -0.15) is 9.97 Å². The van der Waals surface area contributed by atoms with Gasteiger partial charge in [0.1, 0.15) is 12.2 Å². The van der Waals surface area contributed by atoms with E-state index in [0.717, 1.165) is 0 Å². The van der Waals surface area contributed by atoms with Crippen LogP contribution in [0.15, 0.2) is 6.33 Å². The lowest BCUT2D eigenvalue weighted by atomic mass is 10.1. The zero-order chi connectivity index (χ0) is 15.1. The van der Waals surface area contributed by atoms with Crippen LogP contribution in [0.4, 0.5) is 10.3 Å². The van der Waals surface area contributed by atoms with Crippen LogP contribution in [0.3, 0.4) is 0 Å². The summed E-state index contributed by atoms with van der Waals surface area (Å²) in [5, 5.41) is 19.0. The fourth-order valence-electron chi connectivity index (χ4n) is 2.32. The van der Waals surface area contributed by atoms with Gasteiger partial charge in [0.25, 0.3) is 0 Å². The molecule has 3 heterocycles. The first-order chi connectivity index (χ1) is 10.1. The smallest absolute Gasteiger partial charge is 0.246 e. The second-order valence-electron chi connectivity index (χ2n) is 4.60. The number of methoxy groups -OCH3 is 1. The van der Waals surface area contributed by atoms with Gasteiger partial charge in [-0.25, -0.2) is 9.37 Å². The van der Waals surface area contributed by atoms with Gasteiger partial charge in [0.15, 0.2) is 23.6 Å². The van der Waals surface area contributed by atoms with E-state index in [1.54, 1.807) is 0 Å². The second kappa shape index (κ2) is 5.06. The van der Waals surface area contributed by atoms with Gasteiger partial charge in [-0.3, -0.25) is 4.57 Å². The SMILES string of the molecule is COc1nc(N)nc2c1ncn2[C@H]1O[C@H](CO)[C@@H](F)[C@@H]1O. The number of rotatable bonds is 3. The van der Waals surface area contributed by atoms with E-state index >= 15 is 0 Å². The lowest BCUT2D eigenvalue weighted by molar-refractivity contribution is -0.0495. The van der Waals surface area contributed by atoms with Gasteiger partial charge in [-0.1, -0.05) is 0 Å². The number of aromatic nitrogens is 4. The molecule has 0 saturated carbocycles. The molecule has 0 amide bonds. The zero-order valence-corrected chi connectivity index (χ0v) is 11.0. The van der Waals surface area contributed by atoms with Crippen molar-refractivity contribution >= 4 is 17.1 Å². The summed E-state index contributed by atoms with van der Waals surface area (Å²) in [6.45, 7) is -0.540. The highest BCUT2D eigenvalue weighted by atomic mass is 19.1. The van der Waals surface area contributed by atoms with E-state index in [9.17, 15) is 9.50 Å². The molecule has 0 aliphatic carbocycles. The molecule has 1 fully saturated rings. The Morgan fingerprint density at radius 1 is 1.52 bits per heavy atom. The van der Waals surface area contributed by atoms with Crippen LogP contribution in [0, 0.1) is 0 Å². The van der Waals surface area contributed by atoms with Crippen molar-refractivity contribution < 1.29 is 24.1 Å². The number of nitrogens with zero attached hydrogens (tertiary/aromatic N) is 4. The van der Waals surface area contributed by atoms with Gasteiger partial charge in [-0.05, 0) is 0 Å². The number of aliphatic hydroxyl groups excluding tert-OH is 2. The van der Waals surface area contributed by atoms with E-state index in [4.69, 9.17) is 20.3 Å². The minimum Gasteiger partial charge on any atom is -0.479 e. The number of nitrogens with two attached hydrogens (primary N) is 1. The average molecular weight is 299 g/mol. The summed E-state index contributed by atoms with van der Waals surface area (Å²) in [7, 11) is 1.40. The number of hydrogen-bond acceptors (Lipinski definition) is 8. The molecule has 1 aliphatic heterocycles. The predicted octanol–water partition coefficient (Wildman–Crippen LogP) is -0.994. The highest BCUT2D eigenvalue weighted by molar-refractivity contribution is 5.77. The number of aliphatic hydroxyl groups is 2. The molecule has 1 aliphatic rings. The summed E-state index contributed by atoms with van der Waals surface area (Å²) in [4.78, 5) is 12.0. The molecular weight excluding hydrogens is 285 g/mol. The molecule has 3 rings (SSSR count). The lowest BCUT2D eigenvalue weighted by Gasteiger charge is -2.16. The van der Waals surface area contributed by atoms with Gasteiger partial charge in [0.2, 0.25) is 11.8 Å². The monoisotopic (exact) mass is 299 g/mol. The van der Waals surface area contributed by atoms with E-state index in [2.05, 4.69) is 15.0 Å². The number of fused-ring (bicyclic) bond motifs is 1. The third kappa shape index (κ3) is 2.07. The molecule has 21 heavy (non-hydrogen) atoms. The lowest BCUT2D eigenvalue weighted by Crippen LogP contribution is -2.29. The van der Waals surface area contributed by atoms with Crippen LogP contribution in [0.2, 0.25) is 0 Å². The van der Waals surface area contributed by atoms with E-state index in [1.807, 2.05) is 0 Å². The minimum absolute atomic E-state index is 0.0518. The molecule has 2 aromatic heterocycles. The Bertz CT molecular complexity index is 665. The molecular formula is C11H14FN5O4. The largest absolute Gasteiger partial charge is 0.479 e. The number of nitrogen functional groups attached to an aromatic ring is 1. The highest BCUT2D eigenvalue weighted by Crippen LogP contribution is 2.34. The maximum atomic E-state index is 13.8. The van der Waals surface area contributed by atoms with Crippen LogP contribution >= 0.6 is 0 Å². The summed E-state index contributed by atoms with van der Waals surface area (Å²) < 4.78 is 25.5. The fraction of sp³-hybridized carbons (Fsp3) is 0.545. The summed E-state index contributed by atoms with van der Waals surface area (Å²) in [5.41, 5.74) is 6.14. The Morgan fingerprint density at radius 2 is 2.29 bits per heavy atom. The van der Waals surface area contributed by atoms with Gasteiger partial charge >= 0.3 is 0 Å². The fourth-order valence-corrected chi connectivity index (χ4v) is 2.32. The van der Waals surface area contributed by atoms with E-state index in [0.29, 0.717) is 5.52 Å². The van der Waals surface area contributed by atoms with Crippen LogP contribution < -0.4 is 10.5 Å². The third-order valence-corrected chi connectivity index (χ3v) is 3.34. The molecule has 1 saturated heterocycles. The van der Waals surface area contributed by atoms with Crippen molar-refractivity contribution in [1.29, 1.82) is 0 Å². The summed E-state index contributed by atoms with van der Waals surface area (Å²) in [6.07, 6.45) is -4.02. The molecule has 0 unspecified atom stereocenters. The number of hydrogen-bond donors (Lipinski definition) is 3. The predicted molar refractivity (Wildman–Crippen MR) is 68.2 cm³/mol. The normalized spacial score (nSPS) is 29.1. The summed E-state index contributed by atoms with van der Waals surface area (Å²) in [6, 6.07) is 0. The standard InChI is InChI=1S/C11H14FN5O4/c1-20-9-6-8(15-11(13)16-9)17(3-14-6)10-7(19)5(12)4(2-18)21-10/h3-5,7,10,18-19H,2H2,1H3,(H2,13,15,16)/t4-,5-,7+,10+/m1/s1. The van der Waals surface area contributed by atoms with Gasteiger partial charge in [0.05, 0.1) is 20.0 Å². The average Bonchev–Trinajstić information content (AvgIpc) is 3.01. The van der Waals surface area contributed by atoms with Crippen molar-refractivity contribution in [1.82, 2.24) is 19.5 Å². The highest BCUT2D eigenvalue weighted by Gasteiger charge is 2.45. The Hall–Kier alpha value is -2.04. The van der Waals surface area contributed by atoms with Crippen molar-refractivity contribution in [2.24, 2.45) is 0 Å². The molecule has 4 N–H and O–H groups in total. The topological polar surface area (TPSA) is 129 Å². The first-order valence-electron chi connectivity index (χ1n) is 6.19. The quantitative estimate of drug-likeness (QED) is 0.658. The molecule has 0 bridgehead atoms. The number of halogens is 1. The molecule has 114 valence electrons. The van der Waals surface area contributed by atoms with Crippen LogP contribution in [0.5, 0.6) is 5.88 Å². The molecule has 2 aromatic rings. The number of ether oxygens (including phenoxy) is 2. The van der Waals surface area contributed by atoms with Gasteiger partial charge in [-0.15, -0.1) is 0 Å². The van der Waals surface area contributed by atoms with Crippen molar-refractivity contribution in [3.05, 3.63) is 6.33 Å². The first-order valence-corrected chi connectivity index (χ1v) is 6.19. The Morgan fingerprint density at radius 3 is 2.90 bits per heavy atom. The molecule has 4 atom stereocenters. The van der Waals surface area contributed by atoms with Crippen molar-refractivity contribution in [3.63, 3.8) is 0 Å². The van der Waals surface area contributed by atoms with Crippen LogP contribution in [-0.2, 0) is 4.74 Å². The third-order valence-electron chi connectivity index (χ3n) is 3.34. The zero-order valence-electron chi connectivity index (χ0n) is 11.0. The van der Waals surface area contributed by atoms with Crippen molar-refractivity contribution in [2.75, 3.05) is 19.5 Å². The minimum atomic E-state index is -1.71. The molecule has 0 spiro atoms. The second-order valence-corrected chi connectivity index (χ2v) is 4.60. The Labute approximate surface area is 118 Å². The molecule has 0 radical (unpaired) electrons. The summed E-state index contributed by atoms with van der Waals surface area (Å²) >= 11 is 0. The van der Waals surface area contributed by atoms with Crippen molar-refractivity contribution in [2.45, 2.75) is 24.6 Å². The van der Waals surface area contributed by atoms with Crippen molar-refractivity contribution in [3.8, 4) is 5.88 Å². The summed E-state index contributed by atoms with van der Waals surface area (Å²) in [5.74, 6) is 0.114. The Balaban J connectivity index is 2.07. The number of alkyl halides is 1. The van der Waals surface area contributed by atoms with Gasteiger partial charge in [0, 0.05) is 0 Å². The Kier molecular flexibility index (Phi) is 3.35. The van der Waals surface area contributed by atoms with E-state index in [1.165, 1.54) is 18.0 Å². The number of imidazole rings is 1. The molecule has 9 nitrogen and oxygen atoms in total. The first kappa shape index (κ1) is 13.9. The maximum absolute atomic E-state index is 13.8. The van der Waals surface area contributed by atoms with E-state index in [-0.39, 0.29) is 17.5 Å². The number of anilines is 1. The van der Waals surface area contributed by atoms with E-state index < -0.39 is 31.2 Å². The molecule has 10 heteroatoms. The maximum Gasteiger partial charge on any atom is 0.246 e. The van der Waals surface area contributed by atoms with Crippen LogP contribution in [0.25, 0.3) is 11.2 Å². The van der Waals surface area contributed by atoms with Gasteiger partial charge < -0.3 is 25.4 Å².